The summed E-state index contributed by atoms with van der Waals surface area (Å²) in [5.74, 6) is 0.0714. The second-order valence-corrected chi connectivity index (χ2v) is 2.63. The van der Waals surface area contributed by atoms with E-state index in [9.17, 15) is 4.79 Å². The van der Waals surface area contributed by atoms with Crippen LogP contribution in [0.1, 0.15) is 22.5 Å². The largest absolute Gasteiger partial charge is 0.468 e. The molecule has 1 heterocycles. The van der Waals surface area contributed by atoms with Gasteiger partial charge in [-0.1, -0.05) is 0 Å². The van der Waals surface area contributed by atoms with Crippen LogP contribution in [-0.4, -0.2) is 17.6 Å². The van der Waals surface area contributed by atoms with E-state index in [2.05, 4.69) is 0 Å². The second-order valence-electron chi connectivity index (χ2n) is 2.63. The fourth-order valence-corrected chi connectivity index (χ4v) is 1.04. The molecule has 0 saturated carbocycles. The quantitative estimate of drug-likeness (QED) is 0.651. The molecule has 71 valence electrons. The lowest BCUT2D eigenvalue weighted by Gasteiger charge is -1.97. The number of rotatable bonds is 5. The van der Waals surface area contributed by atoms with E-state index in [0.717, 1.165) is 0 Å². The molecule has 1 amide bonds. The first-order valence-electron chi connectivity index (χ1n) is 4.04. The van der Waals surface area contributed by atoms with Crippen molar-refractivity contribution in [3.05, 3.63) is 30.1 Å². The molecular weight excluding hydrogens is 170 g/mol. The number of primary amides is 1. The van der Waals surface area contributed by atoms with Crippen LogP contribution >= 0.6 is 0 Å². The van der Waals surface area contributed by atoms with Gasteiger partial charge in [0.15, 0.2) is 0 Å². The maximum atomic E-state index is 10.8. The summed E-state index contributed by atoms with van der Waals surface area (Å²) < 4.78 is 5.06. The van der Waals surface area contributed by atoms with E-state index in [0.29, 0.717) is 24.2 Å². The molecule has 1 aromatic rings. The Morgan fingerprint density at radius 2 is 2.46 bits per heavy atom. The van der Waals surface area contributed by atoms with Gasteiger partial charge in [-0.15, -0.1) is 0 Å². The number of hydrogen-bond donors (Lipinski definition) is 2. The summed E-state index contributed by atoms with van der Waals surface area (Å²) in [6, 6.07) is 1.55. The Morgan fingerprint density at radius 1 is 1.69 bits per heavy atom. The Balaban J connectivity index is 2.55. The number of aliphatic hydroxyl groups is 1. The minimum Gasteiger partial charge on any atom is -0.468 e. The summed E-state index contributed by atoms with van der Waals surface area (Å²) >= 11 is 0. The van der Waals surface area contributed by atoms with Gasteiger partial charge in [-0.3, -0.25) is 4.79 Å². The summed E-state index contributed by atoms with van der Waals surface area (Å²) in [6.45, 7) is 0.104. The zero-order valence-electron chi connectivity index (χ0n) is 7.19. The fraction of sp³-hybridized carbons (Fsp3) is 0.333. The van der Waals surface area contributed by atoms with Crippen molar-refractivity contribution < 1.29 is 14.3 Å². The summed E-state index contributed by atoms with van der Waals surface area (Å²) in [5, 5.41) is 8.52. The van der Waals surface area contributed by atoms with E-state index in [1.165, 1.54) is 6.26 Å². The molecule has 0 unspecified atom stereocenters. The maximum absolute atomic E-state index is 10.8. The third-order valence-corrected chi connectivity index (χ3v) is 1.67. The van der Waals surface area contributed by atoms with Crippen LogP contribution in [0.2, 0.25) is 0 Å². The molecule has 0 atom stereocenters. The molecule has 0 saturated heterocycles. The fourth-order valence-electron chi connectivity index (χ4n) is 1.04. The summed E-state index contributed by atoms with van der Waals surface area (Å²) in [7, 11) is 0. The van der Waals surface area contributed by atoms with Crippen LogP contribution in [-0.2, 0) is 6.42 Å². The van der Waals surface area contributed by atoms with E-state index in [-0.39, 0.29) is 6.61 Å². The van der Waals surface area contributed by atoms with Crippen LogP contribution < -0.4 is 5.73 Å². The topological polar surface area (TPSA) is 76.5 Å². The minimum atomic E-state index is -0.485. The average molecular weight is 182 g/mol. The van der Waals surface area contributed by atoms with Gasteiger partial charge in [0.05, 0.1) is 11.8 Å². The first-order chi connectivity index (χ1) is 6.25. The van der Waals surface area contributed by atoms with E-state index in [4.69, 9.17) is 15.3 Å². The molecule has 0 bridgehead atoms. The molecule has 1 radical (unpaired) electrons. The number of hydrogen-bond acceptors (Lipinski definition) is 3. The summed E-state index contributed by atoms with van der Waals surface area (Å²) in [6.07, 6.45) is 4.37. The van der Waals surface area contributed by atoms with Crippen molar-refractivity contribution in [3.63, 3.8) is 0 Å². The Kier molecular flexibility index (Phi) is 3.52. The van der Waals surface area contributed by atoms with Crippen molar-refractivity contribution in [1.29, 1.82) is 0 Å². The number of carbonyl (C=O) groups is 1. The molecule has 3 N–H and O–H groups in total. The van der Waals surface area contributed by atoms with Crippen molar-refractivity contribution in [1.82, 2.24) is 0 Å². The molecule has 13 heavy (non-hydrogen) atoms. The van der Waals surface area contributed by atoms with Crippen LogP contribution in [0.4, 0.5) is 0 Å². The van der Waals surface area contributed by atoms with E-state index in [1.54, 1.807) is 6.07 Å². The zero-order valence-corrected chi connectivity index (χ0v) is 7.19. The molecule has 4 nitrogen and oxygen atoms in total. The molecule has 0 aliphatic heterocycles. The molecule has 0 aliphatic rings. The van der Waals surface area contributed by atoms with Gasteiger partial charge >= 0.3 is 0 Å². The zero-order chi connectivity index (χ0) is 9.68. The molecule has 0 spiro atoms. The van der Waals surface area contributed by atoms with E-state index < -0.39 is 5.91 Å². The standard InChI is InChI=1S/C9H12NO3/c10-9(12)7-4-6-13-8(7)3-1-2-5-11/h1,4,6,11H,2-3,5H2,(H2,10,12). The van der Waals surface area contributed by atoms with Gasteiger partial charge < -0.3 is 15.3 Å². The highest BCUT2D eigenvalue weighted by Gasteiger charge is 2.10. The van der Waals surface area contributed by atoms with E-state index in [1.807, 2.05) is 6.42 Å². The SMILES string of the molecule is NC(=O)c1ccoc1C[CH]CCO. The molecular formula is C9H12NO3. The highest BCUT2D eigenvalue weighted by atomic mass is 16.3. The van der Waals surface area contributed by atoms with Gasteiger partial charge in [0, 0.05) is 13.0 Å². The number of carbonyl (C=O) groups excluding carboxylic acids is 1. The predicted octanol–water partition coefficient (Wildman–Crippen LogP) is 0.508. The Morgan fingerprint density at radius 3 is 3.08 bits per heavy atom. The lowest BCUT2D eigenvalue weighted by molar-refractivity contribution is 0.0998. The van der Waals surface area contributed by atoms with Gasteiger partial charge in [0.25, 0.3) is 5.91 Å². The van der Waals surface area contributed by atoms with Crippen molar-refractivity contribution >= 4 is 5.91 Å². The first kappa shape index (κ1) is 9.80. The van der Waals surface area contributed by atoms with Crippen LogP contribution in [0.3, 0.4) is 0 Å². The molecule has 0 aromatic carbocycles. The predicted molar refractivity (Wildman–Crippen MR) is 46.9 cm³/mol. The highest BCUT2D eigenvalue weighted by Crippen LogP contribution is 2.12. The number of nitrogens with two attached hydrogens (primary N) is 1. The van der Waals surface area contributed by atoms with Gasteiger partial charge in [-0.2, -0.15) is 0 Å². The molecule has 0 aliphatic carbocycles. The van der Waals surface area contributed by atoms with Crippen LogP contribution in [0.15, 0.2) is 16.7 Å². The number of unbranched alkanes of at least 4 members (excludes halogenated alkanes) is 1. The Labute approximate surface area is 76.3 Å². The lowest BCUT2D eigenvalue weighted by Crippen LogP contribution is -2.12. The highest BCUT2D eigenvalue weighted by molar-refractivity contribution is 5.93. The number of furan rings is 1. The number of amides is 1. The van der Waals surface area contributed by atoms with Crippen molar-refractivity contribution in [2.24, 2.45) is 5.73 Å². The maximum Gasteiger partial charge on any atom is 0.252 e. The summed E-state index contributed by atoms with van der Waals surface area (Å²) in [5.41, 5.74) is 5.51. The second kappa shape index (κ2) is 4.67. The Hall–Kier alpha value is -1.29. The smallest absolute Gasteiger partial charge is 0.252 e. The van der Waals surface area contributed by atoms with Crippen LogP contribution in [0.25, 0.3) is 0 Å². The van der Waals surface area contributed by atoms with Crippen LogP contribution in [0, 0.1) is 6.42 Å². The number of aliphatic hydroxyl groups excluding tert-OH is 1. The van der Waals surface area contributed by atoms with Gasteiger partial charge in [0.2, 0.25) is 0 Å². The minimum absolute atomic E-state index is 0.104. The van der Waals surface area contributed by atoms with E-state index >= 15 is 0 Å². The van der Waals surface area contributed by atoms with Gasteiger partial charge in [-0.25, -0.2) is 0 Å². The van der Waals surface area contributed by atoms with Crippen molar-refractivity contribution in [2.45, 2.75) is 12.8 Å². The first-order valence-corrected chi connectivity index (χ1v) is 4.04. The molecule has 0 fully saturated rings. The van der Waals surface area contributed by atoms with Gasteiger partial charge in [-0.05, 0) is 18.9 Å². The normalized spacial score (nSPS) is 10.2. The third-order valence-electron chi connectivity index (χ3n) is 1.67. The lowest BCUT2D eigenvalue weighted by atomic mass is 10.1. The molecule has 1 aromatic heterocycles. The average Bonchev–Trinajstić information content (AvgIpc) is 2.53. The van der Waals surface area contributed by atoms with Crippen molar-refractivity contribution in [2.75, 3.05) is 6.61 Å². The van der Waals surface area contributed by atoms with Gasteiger partial charge in [0.1, 0.15) is 5.76 Å². The Bertz CT molecular complexity index is 280. The van der Waals surface area contributed by atoms with Crippen molar-refractivity contribution in [3.8, 4) is 0 Å². The molecule has 1 rings (SSSR count). The third kappa shape index (κ3) is 2.59. The molecule has 4 heteroatoms. The summed E-state index contributed by atoms with van der Waals surface area (Å²) in [4.78, 5) is 10.8. The van der Waals surface area contributed by atoms with Crippen LogP contribution in [0.5, 0.6) is 0 Å². The monoisotopic (exact) mass is 182 g/mol.